The molecule has 1 aromatic carbocycles. The molecule has 0 bridgehead atoms. The lowest BCUT2D eigenvalue weighted by Gasteiger charge is -2.22. The SMILES string of the molecule is O=C(NCc1cc(F)cc(-c2cnc(C(F)(F)F)cn2)c1)C1C(O)CCN1C(=O)O. The van der Waals surface area contributed by atoms with Crippen molar-refractivity contribution >= 4 is 12.0 Å². The molecule has 0 radical (unpaired) electrons. The van der Waals surface area contributed by atoms with Crippen molar-refractivity contribution in [3.63, 3.8) is 0 Å². The Balaban J connectivity index is 1.74. The normalized spacial score (nSPS) is 19.0. The van der Waals surface area contributed by atoms with Crippen LogP contribution in [0, 0.1) is 5.82 Å². The number of halogens is 4. The number of likely N-dealkylation sites (tertiary alicyclic amines) is 1. The second-order valence-electron chi connectivity index (χ2n) is 6.63. The van der Waals surface area contributed by atoms with Gasteiger partial charge in [0.05, 0.1) is 24.2 Å². The van der Waals surface area contributed by atoms with Crippen molar-refractivity contribution in [1.82, 2.24) is 20.2 Å². The molecular formula is C18H16F4N4O4. The minimum Gasteiger partial charge on any atom is -0.465 e. The molecule has 2 amide bonds. The largest absolute Gasteiger partial charge is 0.465 e. The van der Waals surface area contributed by atoms with Crippen LogP contribution in [0.4, 0.5) is 22.4 Å². The van der Waals surface area contributed by atoms with E-state index in [1.54, 1.807) is 0 Å². The molecule has 2 unspecified atom stereocenters. The number of amides is 2. The monoisotopic (exact) mass is 428 g/mol. The zero-order chi connectivity index (χ0) is 22.1. The predicted molar refractivity (Wildman–Crippen MR) is 93.4 cm³/mol. The van der Waals surface area contributed by atoms with Gasteiger partial charge in [0.2, 0.25) is 5.91 Å². The third-order valence-electron chi connectivity index (χ3n) is 4.54. The number of benzene rings is 1. The van der Waals surface area contributed by atoms with Gasteiger partial charge in [-0.1, -0.05) is 0 Å². The van der Waals surface area contributed by atoms with Crippen LogP contribution in [0.25, 0.3) is 11.3 Å². The van der Waals surface area contributed by atoms with E-state index in [4.69, 9.17) is 5.11 Å². The highest BCUT2D eigenvalue weighted by Gasteiger charge is 2.41. The van der Waals surface area contributed by atoms with E-state index in [0.717, 1.165) is 23.2 Å². The van der Waals surface area contributed by atoms with Gasteiger partial charge in [0.25, 0.3) is 0 Å². The molecule has 30 heavy (non-hydrogen) atoms. The van der Waals surface area contributed by atoms with Gasteiger partial charge >= 0.3 is 12.3 Å². The van der Waals surface area contributed by atoms with Crippen molar-refractivity contribution in [3.8, 4) is 11.3 Å². The fourth-order valence-corrected chi connectivity index (χ4v) is 3.12. The summed E-state index contributed by atoms with van der Waals surface area (Å²) in [5.74, 6) is -1.46. The standard InChI is InChI=1S/C18H16F4N4O4/c19-11-4-9(6-25-16(28)15-13(27)1-2-26(15)17(29)30)3-10(5-11)12-7-24-14(8-23-12)18(20,21)22/h3-5,7-8,13,15,27H,1-2,6H2,(H,25,28)(H,29,30). The fraction of sp³-hybridized carbons (Fsp3) is 0.333. The minimum absolute atomic E-state index is 0.00153. The van der Waals surface area contributed by atoms with E-state index >= 15 is 0 Å². The number of nitrogens with zero attached hydrogens (tertiary/aromatic N) is 3. The average Bonchev–Trinajstić information content (AvgIpc) is 3.07. The highest BCUT2D eigenvalue weighted by Crippen LogP contribution is 2.28. The van der Waals surface area contributed by atoms with E-state index in [-0.39, 0.29) is 36.3 Å². The quantitative estimate of drug-likeness (QED) is 0.642. The molecule has 12 heteroatoms. The fourth-order valence-electron chi connectivity index (χ4n) is 3.12. The molecule has 2 heterocycles. The summed E-state index contributed by atoms with van der Waals surface area (Å²) in [5, 5.41) is 21.4. The van der Waals surface area contributed by atoms with Gasteiger partial charge in [-0.2, -0.15) is 13.2 Å². The summed E-state index contributed by atoms with van der Waals surface area (Å²) in [6, 6.07) is 2.27. The first-order valence-electron chi connectivity index (χ1n) is 8.70. The van der Waals surface area contributed by atoms with Gasteiger partial charge in [-0.15, -0.1) is 0 Å². The zero-order valence-corrected chi connectivity index (χ0v) is 15.2. The Bertz CT molecular complexity index is 952. The second kappa shape index (κ2) is 8.22. The number of carbonyl (C=O) groups excluding carboxylic acids is 1. The number of aliphatic hydroxyl groups excluding tert-OH is 1. The van der Waals surface area contributed by atoms with Gasteiger partial charge in [-0.25, -0.2) is 14.2 Å². The number of carboxylic acid groups (broad SMARTS) is 1. The van der Waals surface area contributed by atoms with E-state index in [2.05, 4.69) is 15.3 Å². The topological polar surface area (TPSA) is 116 Å². The van der Waals surface area contributed by atoms with Crippen LogP contribution in [0.2, 0.25) is 0 Å². The van der Waals surface area contributed by atoms with E-state index in [0.29, 0.717) is 6.20 Å². The Morgan fingerprint density at radius 1 is 1.20 bits per heavy atom. The maximum atomic E-state index is 14.0. The van der Waals surface area contributed by atoms with E-state index in [9.17, 15) is 32.3 Å². The van der Waals surface area contributed by atoms with Crippen LogP contribution in [0.1, 0.15) is 17.7 Å². The molecule has 3 rings (SSSR count). The lowest BCUT2D eigenvalue weighted by Crippen LogP contribution is -2.49. The van der Waals surface area contributed by atoms with Gasteiger partial charge in [-0.05, 0) is 30.2 Å². The highest BCUT2D eigenvalue weighted by molar-refractivity contribution is 5.86. The number of hydrogen-bond donors (Lipinski definition) is 3. The summed E-state index contributed by atoms with van der Waals surface area (Å²) in [7, 11) is 0. The van der Waals surface area contributed by atoms with E-state index < -0.39 is 41.8 Å². The summed E-state index contributed by atoms with van der Waals surface area (Å²) >= 11 is 0. The van der Waals surface area contributed by atoms with Crippen LogP contribution in [0.5, 0.6) is 0 Å². The number of aromatic nitrogens is 2. The lowest BCUT2D eigenvalue weighted by atomic mass is 10.1. The van der Waals surface area contributed by atoms with Gasteiger partial charge in [-0.3, -0.25) is 14.7 Å². The summed E-state index contributed by atoms with van der Waals surface area (Å²) in [6.45, 7) is -0.195. The van der Waals surface area contributed by atoms with Crippen LogP contribution in [-0.4, -0.2) is 55.8 Å². The number of aliphatic hydroxyl groups is 1. The molecular weight excluding hydrogens is 412 g/mol. The number of hydrogen-bond acceptors (Lipinski definition) is 5. The molecule has 1 fully saturated rings. The zero-order valence-electron chi connectivity index (χ0n) is 15.2. The number of nitrogens with one attached hydrogen (secondary N) is 1. The van der Waals surface area contributed by atoms with Crippen molar-refractivity contribution in [1.29, 1.82) is 0 Å². The van der Waals surface area contributed by atoms with Crippen molar-refractivity contribution in [2.24, 2.45) is 0 Å². The van der Waals surface area contributed by atoms with Crippen LogP contribution >= 0.6 is 0 Å². The van der Waals surface area contributed by atoms with Crippen molar-refractivity contribution < 1.29 is 37.4 Å². The second-order valence-corrected chi connectivity index (χ2v) is 6.63. The Morgan fingerprint density at radius 2 is 1.93 bits per heavy atom. The number of carbonyl (C=O) groups is 2. The molecule has 1 aliphatic rings. The van der Waals surface area contributed by atoms with E-state index in [1.807, 2.05) is 0 Å². The molecule has 3 N–H and O–H groups in total. The van der Waals surface area contributed by atoms with Crippen LogP contribution in [0.3, 0.4) is 0 Å². The maximum absolute atomic E-state index is 14.0. The molecule has 0 spiro atoms. The highest BCUT2D eigenvalue weighted by atomic mass is 19.4. The Labute approximate surface area is 167 Å². The first-order chi connectivity index (χ1) is 14.1. The van der Waals surface area contributed by atoms with Gasteiger partial charge in [0.1, 0.15) is 11.9 Å². The van der Waals surface area contributed by atoms with Gasteiger partial charge in [0.15, 0.2) is 5.69 Å². The Hall–Kier alpha value is -3.28. The Kier molecular flexibility index (Phi) is 5.87. The summed E-state index contributed by atoms with van der Waals surface area (Å²) < 4.78 is 51.8. The molecule has 160 valence electrons. The summed E-state index contributed by atoms with van der Waals surface area (Å²) in [4.78, 5) is 31.2. The van der Waals surface area contributed by atoms with Crippen molar-refractivity contribution in [2.45, 2.75) is 31.3 Å². The summed E-state index contributed by atoms with van der Waals surface area (Å²) in [6.07, 6.45) is -5.66. The van der Waals surface area contributed by atoms with E-state index in [1.165, 1.54) is 6.07 Å². The molecule has 1 saturated heterocycles. The third kappa shape index (κ3) is 4.64. The molecule has 1 aliphatic heterocycles. The molecule has 8 nitrogen and oxygen atoms in total. The van der Waals surface area contributed by atoms with Gasteiger partial charge in [0, 0.05) is 18.7 Å². The smallest absolute Gasteiger partial charge is 0.434 e. The van der Waals surface area contributed by atoms with Crippen molar-refractivity contribution in [3.05, 3.63) is 47.7 Å². The predicted octanol–water partition coefficient (Wildman–Crippen LogP) is 2.03. The molecule has 0 saturated carbocycles. The lowest BCUT2D eigenvalue weighted by molar-refractivity contribution is -0.141. The first-order valence-corrected chi connectivity index (χ1v) is 8.70. The van der Waals surface area contributed by atoms with Crippen LogP contribution in [-0.2, 0) is 17.5 Å². The van der Waals surface area contributed by atoms with Crippen molar-refractivity contribution in [2.75, 3.05) is 6.54 Å². The Morgan fingerprint density at radius 3 is 2.53 bits per heavy atom. The third-order valence-corrected chi connectivity index (χ3v) is 4.54. The number of rotatable bonds is 4. The minimum atomic E-state index is -4.66. The summed E-state index contributed by atoms with van der Waals surface area (Å²) in [5.41, 5.74) is -0.783. The average molecular weight is 428 g/mol. The van der Waals surface area contributed by atoms with Gasteiger partial charge < -0.3 is 15.5 Å². The molecule has 1 aromatic heterocycles. The van der Waals surface area contributed by atoms with Crippen LogP contribution in [0.15, 0.2) is 30.6 Å². The molecule has 0 aliphatic carbocycles. The maximum Gasteiger partial charge on any atom is 0.434 e. The number of alkyl halides is 3. The van der Waals surface area contributed by atoms with Crippen LogP contribution < -0.4 is 5.32 Å². The first kappa shape index (κ1) is 21.4. The molecule has 2 aromatic rings. The molecule has 2 atom stereocenters.